The third kappa shape index (κ3) is 3.85. The Labute approximate surface area is 111 Å². The van der Waals surface area contributed by atoms with Gasteiger partial charge in [-0.1, -0.05) is 0 Å². The van der Waals surface area contributed by atoms with Crippen molar-refractivity contribution in [1.29, 1.82) is 0 Å². The fourth-order valence-corrected chi connectivity index (χ4v) is 2.05. The summed E-state index contributed by atoms with van der Waals surface area (Å²) in [4.78, 5) is 25.0. The van der Waals surface area contributed by atoms with Crippen LogP contribution < -0.4 is 0 Å². The van der Waals surface area contributed by atoms with E-state index >= 15 is 0 Å². The van der Waals surface area contributed by atoms with Crippen LogP contribution in [-0.4, -0.2) is 51.1 Å². The molecule has 0 saturated carbocycles. The molecular formula is C12H18N4O3. The highest BCUT2D eigenvalue weighted by Gasteiger charge is 2.19. The number of esters is 1. The molecule has 2 rings (SSSR count). The van der Waals surface area contributed by atoms with Crippen molar-refractivity contribution in [1.82, 2.24) is 19.7 Å². The van der Waals surface area contributed by atoms with Gasteiger partial charge in [-0.25, -0.2) is 0 Å². The number of ketones is 1. The van der Waals surface area contributed by atoms with Crippen LogP contribution in [0, 0.1) is 0 Å². The summed E-state index contributed by atoms with van der Waals surface area (Å²) in [5.74, 6) is 0.625. The first-order valence-electron chi connectivity index (χ1n) is 6.45. The van der Waals surface area contributed by atoms with E-state index in [9.17, 15) is 9.59 Å². The fraction of sp³-hybridized carbons (Fsp3) is 0.667. The maximum Gasteiger partial charge on any atom is 0.306 e. The Kier molecular flexibility index (Phi) is 4.62. The predicted octanol–water partition coefficient (Wildman–Crippen LogP) is 0.00610. The minimum Gasteiger partial charge on any atom is -0.466 e. The number of ether oxygens (including phenoxy) is 1. The zero-order chi connectivity index (χ0) is 13.7. The molecule has 0 saturated heterocycles. The van der Waals surface area contributed by atoms with E-state index < -0.39 is 0 Å². The lowest BCUT2D eigenvalue weighted by molar-refractivity contribution is -0.144. The van der Waals surface area contributed by atoms with E-state index in [0.29, 0.717) is 19.7 Å². The van der Waals surface area contributed by atoms with Gasteiger partial charge < -0.3 is 9.30 Å². The maximum atomic E-state index is 11.8. The van der Waals surface area contributed by atoms with Crippen molar-refractivity contribution < 1.29 is 14.3 Å². The van der Waals surface area contributed by atoms with Gasteiger partial charge in [0.25, 0.3) is 0 Å². The summed E-state index contributed by atoms with van der Waals surface area (Å²) in [5, 5.41) is 7.84. The molecule has 104 valence electrons. The SMILES string of the molecule is CCOC(=O)CCC(=O)CN1CCn2cnnc2C1. The molecule has 1 aliphatic heterocycles. The predicted molar refractivity (Wildman–Crippen MR) is 66.2 cm³/mol. The Hall–Kier alpha value is -1.76. The Morgan fingerprint density at radius 3 is 3.00 bits per heavy atom. The highest BCUT2D eigenvalue weighted by atomic mass is 16.5. The molecule has 0 N–H and O–H groups in total. The number of carbonyl (C=O) groups excluding carboxylic acids is 2. The minimum atomic E-state index is -0.311. The van der Waals surface area contributed by atoms with E-state index in [-0.39, 0.29) is 24.6 Å². The van der Waals surface area contributed by atoms with Crippen molar-refractivity contribution in [2.45, 2.75) is 32.9 Å². The summed E-state index contributed by atoms with van der Waals surface area (Å²) in [7, 11) is 0. The van der Waals surface area contributed by atoms with Crippen LogP contribution in [0.15, 0.2) is 6.33 Å². The van der Waals surface area contributed by atoms with Crippen molar-refractivity contribution in [2.24, 2.45) is 0 Å². The number of fused-ring (bicyclic) bond motifs is 1. The monoisotopic (exact) mass is 266 g/mol. The fourth-order valence-electron chi connectivity index (χ4n) is 2.05. The minimum absolute atomic E-state index is 0.0565. The van der Waals surface area contributed by atoms with E-state index in [1.165, 1.54) is 0 Å². The summed E-state index contributed by atoms with van der Waals surface area (Å²) < 4.78 is 6.78. The number of hydrogen-bond acceptors (Lipinski definition) is 6. The van der Waals surface area contributed by atoms with Gasteiger partial charge in [-0.3, -0.25) is 14.5 Å². The molecule has 0 radical (unpaired) electrons. The van der Waals surface area contributed by atoms with Gasteiger partial charge in [0.15, 0.2) is 0 Å². The van der Waals surface area contributed by atoms with Gasteiger partial charge >= 0.3 is 5.97 Å². The molecule has 0 atom stereocenters. The first-order valence-corrected chi connectivity index (χ1v) is 6.45. The standard InChI is InChI=1S/C12H18N4O3/c1-2-19-12(18)4-3-10(17)7-15-5-6-16-9-13-14-11(16)8-15/h9H,2-8H2,1H3. The second kappa shape index (κ2) is 6.42. The van der Waals surface area contributed by atoms with E-state index in [1.54, 1.807) is 13.3 Å². The molecule has 0 aromatic carbocycles. The third-order valence-corrected chi connectivity index (χ3v) is 3.03. The average Bonchev–Trinajstić information content (AvgIpc) is 2.84. The molecule has 1 aromatic heterocycles. The van der Waals surface area contributed by atoms with Crippen molar-refractivity contribution in [3.8, 4) is 0 Å². The third-order valence-electron chi connectivity index (χ3n) is 3.03. The van der Waals surface area contributed by atoms with Gasteiger partial charge in [0.2, 0.25) is 0 Å². The average molecular weight is 266 g/mol. The van der Waals surface area contributed by atoms with E-state index in [2.05, 4.69) is 10.2 Å². The zero-order valence-corrected chi connectivity index (χ0v) is 11.0. The van der Waals surface area contributed by atoms with Gasteiger partial charge in [-0.05, 0) is 6.92 Å². The highest BCUT2D eigenvalue weighted by Crippen LogP contribution is 2.09. The van der Waals surface area contributed by atoms with Crippen molar-refractivity contribution in [3.63, 3.8) is 0 Å². The normalized spacial score (nSPS) is 15.0. The van der Waals surface area contributed by atoms with Crippen LogP contribution in [0.1, 0.15) is 25.6 Å². The quantitative estimate of drug-likeness (QED) is 0.675. The maximum absolute atomic E-state index is 11.8. The first-order chi connectivity index (χ1) is 9.19. The molecule has 0 amide bonds. The summed E-state index contributed by atoms with van der Waals surface area (Å²) in [6.07, 6.45) is 2.11. The molecule has 1 aromatic rings. The van der Waals surface area contributed by atoms with E-state index in [4.69, 9.17) is 4.74 Å². The molecular weight excluding hydrogens is 248 g/mol. The molecule has 7 heteroatoms. The lowest BCUT2D eigenvalue weighted by atomic mass is 10.2. The van der Waals surface area contributed by atoms with Crippen LogP contribution in [0.5, 0.6) is 0 Å². The molecule has 2 heterocycles. The van der Waals surface area contributed by atoms with Crippen LogP contribution in [0.4, 0.5) is 0 Å². The van der Waals surface area contributed by atoms with Crippen LogP contribution >= 0.6 is 0 Å². The van der Waals surface area contributed by atoms with Crippen LogP contribution in [0.3, 0.4) is 0 Å². The Balaban J connectivity index is 1.73. The largest absolute Gasteiger partial charge is 0.466 e. The molecule has 0 aliphatic carbocycles. The molecule has 0 unspecified atom stereocenters. The van der Waals surface area contributed by atoms with Crippen molar-refractivity contribution >= 4 is 11.8 Å². The molecule has 7 nitrogen and oxygen atoms in total. The highest BCUT2D eigenvalue weighted by molar-refractivity contribution is 5.84. The van der Waals surface area contributed by atoms with Gasteiger partial charge in [-0.15, -0.1) is 10.2 Å². The smallest absolute Gasteiger partial charge is 0.306 e. The van der Waals surface area contributed by atoms with Crippen LogP contribution in [-0.2, 0) is 27.4 Å². The first kappa shape index (κ1) is 13.7. The van der Waals surface area contributed by atoms with Gasteiger partial charge in [-0.2, -0.15) is 0 Å². The molecule has 0 spiro atoms. The topological polar surface area (TPSA) is 77.3 Å². The zero-order valence-electron chi connectivity index (χ0n) is 11.0. The van der Waals surface area contributed by atoms with E-state index in [0.717, 1.165) is 18.9 Å². The molecule has 0 bridgehead atoms. The van der Waals surface area contributed by atoms with Gasteiger partial charge in [0.1, 0.15) is 17.9 Å². The summed E-state index contributed by atoms with van der Waals surface area (Å²) in [6.45, 7) is 4.69. The summed E-state index contributed by atoms with van der Waals surface area (Å²) in [6, 6.07) is 0. The number of hydrogen-bond donors (Lipinski definition) is 0. The Morgan fingerprint density at radius 1 is 1.37 bits per heavy atom. The number of aromatic nitrogens is 3. The Morgan fingerprint density at radius 2 is 2.21 bits per heavy atom. The van der Waals surface area contributed by atoms with Crippen molar-refractivity contribution in [3.05, 3.63) is 12.2 Å². The Bertz CT molecular complexity index is 458. The van der Waals surface area contributed by atoms with Crippen molar-refractivity contribution in [2.75, 3.05) is 19.7 Å². The summed E-state index contributed by atoms with van der Waals surface area (Å²) in [5.41, 5.74) is 0. The van der Waals surface area contributed by atoms with Gasteiger partial charge in [0, 0.05) is 19.5 Å². The number of carbonyl (C=O) groups is 2. The number of nitrogens with zero attached hydrogens (tertiary/aromatic N) is 4. The van der Waals surface area contributed by atoms with Crippen LogP contribution in [0.2, 0.25) is 0 Å². The van der Waals surface area contributed by atoms with Gasteiger partial charge in [0.05, 0.1) is 26.1 Å². The molecule has 1 aliphatic rings. The molecule has 0 fully saturated rings. The molecule has 19 heavy (non-hydrogen) atoms. The number of Topliss-reactive ketones (excluding diaryl/α,β-unsaturated/α-hetero) is 1. The lowest BCUT2D eigenvalue weighted by Gasteiger charge is -2.26. The number of rotatable bonds is 6. The second-order valence-electron chi connectivity index (χ2n) is 4.49. The van der Waals surface area contributed by atoms with E-state index in [1.807, 2.05) is 9.47 Å². The second-order valence-corrected chi connectivity index (χ2v) is 4.49. The summed E-state index contributed by atoms with van der Waals surface area (Å²) >= 11 is 0. The lowest BCUT2D eigenvalue weighted by Crippen LogP contribution is -2.37. The van der Waals surface area contributed by atoms with Crippen LogP contribution in [0.25, 0.3) is 0 Å².